The fourth-order valence-corrected chi connectivity index (χ4v) is 2.69. The van der Waals surface area contributed by atoms with Crippen molar-refractivity contribution in [2.45, 2.75) is 26.3 Å². The minimum Gasteiger partial charge on any atom is -0.493 e. The molecule has 2 aromatic carbocycles. The Hall–Kier alpha value is -2.89. The number of anilines is 1. The van der Waals surface area contributed by atoms with E-state index < -0.39 is 0 Å². The van der Waals surface area contributed by atoms with Crippen LogP contribution in [-0.4, -0.2) is 26.8 Å². The van der Waals surface area contributed by atoms with Gasteiger partial charge in [0.05, 0.1) is 27.4 Å². The molecule has 0 radical (unpaired) electrons. The first kappa shape index (κ1) is 18.9. The number of ether oxygens (including phenoxy) is 3. The minimum absolute atomic E-state index is 0.330. The molecule has 0 amide bonds. The van der Waals surface area contributed by atoms with Gasteiger partial charge >= 0.3 is 0 Å². The number of guanidine groups is 1. The number of aryl methyl sites for hydroxylation is 1. The molecule has 2 aromatic rings. The first-order chi connectivity index (χ1) is 13.1. The third-order valence-corrected chi connectivity index (χ3v) is 4.47. The maximum absolute atomic E-state index is 6.05. The van der Waals surface area contributed by atoms with Gasteiger partial charge in [-0.25, -0.2) is 4.99 Å². The molecule has 3 N–H and O–H groups in total. The summed E-state index contributed by atoms with van der Waals surface area (Å²) in [6.07, 6.45) is 2.53. The van der Waals surface area contributed by atoms with E-state index in [4.69, 9.17) is 19.9 Å². The lowest BCUT2D eigenvalue weighted by Gasteiger charge is -2.12. The van der Waals surface area contributed by atoms with E-state index in [-0.39, 0.29) is 0 Å². The maximum Gasteiger partial charge on any atom is 0.193 e. The van der Waals surface area contributed by atoms with Crippen molar-refractivity contribution in [1.82, 2.24) is 0 Å². The molecule has 3 rings (SSSR count). The summed E-state index contributed by atoms with van der Waals surface area (Å²) in [5, 5.41) is 3.08. The van der Waals surface area contributed by atoms with Crippen LogP contribution < -0.4 is 25.3 Å². The molecular formula is C21H27N3O3. The lowest BCUT2D eigenvalue weighted by molar-refractivity contribution is 0.296. The summed E-state index contributed by atoms with van der Waals surface area (Å²) in [5.74, 6) is 3.22. The van der Waals surface area contributed by atoms with Crippen LogP contribution in [0.3, 0.4) is 0 Å². The van der Waals surface area contributed by atoms with Gasteiger partial charge in [0.25, 0.3) is 0 Å². The summed E-state index contributed by atoms with van der Waals surface area (Å²) in [6, 6.07) is 11.7. The second-order valence-corrected chi connectivity index (χ2v) is 6.76. The Morgan fingerprint density at radius 3 is 2.56 bits per heavy atom. The van der Waals surface area contributed by atoms with Crippen molar-refractivity contribution in [3.05, 3.63) is 47.5 Å². The van der Waals surface area contributed by atoms with Crippen LogP contribution >= 0.6 is 0 Å². The van der Waals surface area contributed by atoms with E-state index in [0.29, 0.717) is 29.9 Å². The maximum atomic E-state index is 6.05. The van der Waals surface area contributed by atoms with Gasteiger partial charge in [0.2, 0.25) is 0 Å². The highest BCUT2D eigenvalue weighted by molar-refractivity contribution is 5.92. The molecule has 0 bridgehead atoms. The smallest absolute Gasteiger partial charge is 0.193 e. The van der Waals surface area contributed by atoms with E-state index in [9.17, 15) is 0 Å². The molecule has 1 aliphatic rings. The number of nitrogens with one attached hydrogen (secondary N) is 1. The molecule has 6 heteroatoms. The highest BCUT2D eigenvalue weighted by Gasteiger charge is 2.22. The van der Waals surface area contributed by atoms with Crippen LogP contribution in [0.25, 0.3) is 0 Å². The van der Waals surface area contributed by atoms with Gasteiger partial charge < -0.3 is 25.3 Å². The van der Waals surface area contributed by atoms with Crippen molar-refractivity contribution < 1.29 is 14.2 Å². The molecule has 0 saturated heterocycles. The van der Waals surface area contributed by atoms with Crippen molar-refractivity contribution >= 4 is 11.6 Å². The predicted octanol–water partition coefficient (Wildman–Crippen LogP) is 3.73. The molecule has 144 valence electrons. The molecule has 1 saturated carbocycles. The standard InChI is InChI=1S/C21H27N3O3/c1-14-4-7-16(19(10-14)27-13-15-5-6-15)12-23-21(22)24-17-8-9-18(25-2)20(11-17)26-3/h4,7-11,15H,5-6,12-13H2,1-3H3,(H3,22,23,24). The van der Waals surface area contributed by atoms with Crippen LogP contribution in [0.15, 0.2) is 41.4 Å². The van der Waals surface area contributed by atoms with Gasteiger partial charge in [0.15, 0.2) is 17.5 Å². The molecule has 0 spiro atoms. The zero-order valence-corrected chi connectivity index (χ0v) is 16.1. The zero-order valence-electron chi connectivity index (χ0n) is 16.1. The van der Waals surface area contributed by atoms with Gasteiger partial charge in [-0.05, 0) is 49.4 Å². The monoisotopic (exact) mass is 369 g/mol. The Morgan fingerprint density at radius 2 is 1.85 bits per heavy atom. The van der Waals surface area contributed by atoms with Crippen molar-refractivity contribution in [2.24, 2.45) is 16.6 Å². The average Bonchev–Trinajstić information content (AvgIpc) is 3.50. The van der Waals surface area contributed by atoms with Crippen LogP contribution in [0.1, 0.15) is 24.0 Å². The van der Waals surface area contributed by atoms with Gasteiger partial charge in [-0.1, -0.05) is 12.1 Å². The number of hydrogen-bond acceptors (Lipinski definition) is 4. The first-order valence-corrected chi connectivity index (χ1v) is 9.10. The zero-order chi connectivity index (χ0) is 19.2. The molecule has 0 unspecified atom stereocenters. The number of benzene rings is 2. The Morgan fingerprint density at radius 1 is 1.07 bits per heavy atom. The summed E-state index contributed by atoms with van der Waals surface area (Å²) in [5.41, 5.74) is 9.03. The Bertz CT molecular complexity index is 816. The van der Waals surface area contributed by atoms with E-state index >= 15 is 0 Å². The quantitative estimate of drug-likeness (QED) is 0.548. The van der Waals surface area contributed by atoms with E-state index in [0.717, 1.165) is 23.6 Å². The van der Waals surface area contributed by atoms with Gasteiger partial charge in [-0.15, -0.1) is 0 Å². The third kappa shape index (κ3) is 5.29. The summed E-state index contributed by atoms with van der Waals surface area (Å²) in [7, 11) is 3.20. The minimum atomic E-state index is 0.330. The SMILES string of the molecule is COc1ccc(NC(N)=NCc2ccc(C)cc2OCC2CC2)cc1OC. The van der Waals surface area contributed by atoms with Gasteiger partial charge in [0, 0.05) is 17.3 Å². The molecule has 1 fully saturated rings. The fraction of sp³-hybridized carbons (Fsp3) is 0.381. The van der Waals surface area contributed by atoms with E-state index in [2.05, 4.69) is 29.4 Å². The molecule has 27 heavy (non-hydrogen) atoms. The van der Waals surface area contributed by atoms with Crippen LogP contribution in [-0.2, 0) is 6.54 Å². The summed E-state index contributed by atoms with van der Waals surface area (Å²) in [6.45, 7) is 3.29. The summed E-state index contributed by atoms with van der Waals surface area (Å²) < 4.78 is 16.5. The fourth-order valence-electron chi connectivity index (χ4n) is 2.69. The van der Waals surface area contributed by atoms with E-state index in [1.54, 1.807) is 14.2 Å². The van der Waals surface area contributed by atoms with Gasteiger partial charge in [-0.3, -0.25) is 0 Å². The predicted molar refractivity (Wildman–Crippen MR) is 108 cm³/mol. The Kier molecular flexibility index (Phi) is 6.06. The third-order valence-electron chi connectivity index (χ3n) is 4.47. The Balaban J connectivity index is 1.66. The largest absolute Gasteiger partial charge is 0.493 e. The van der Waals surface area contributed by atoms with E-state index in [1.165, 1.54) is 18.4 Å². The van der Waals surface area contributed by atoms with Gasteiger partial charge in [-0.2, -0.15) is 0 Å². The first-order valence-electron chi connectivity index (χ1n) is 9.10. The number of nitrogens with zero attached hydrogens (tertiary/aromatic N) is 1. The van der Waals surface area contributed by atoms with Crippen LogP contribution in [0.2, 0.25) is 0 Å². The normalized spacial score (nSPS) is 14.0. The number of rotatable bonds is 8. The van der Waals surface area contributed by atoms with Crippen LogP contribution in [0.5, 0.6) is 17.2 Å². The molecule has 0 aliphatic heterocycles. The molecular weight excluding hydrogens is 342 g/mol. The second-order valence-electron chi connectivity index (χ2n) is 6.76. The summed E-state index contributed by atoms with van der Waals surface area (Å²) >= 11 is 0. The molecule has 1 aliphatic carbocycles. The van der Waals surface area contributed by atoms with Crippen LogP contribution in [0.4, 0.5) is 5.69 Å². The highest BCUT2D eigenvalue weighted by atomic mass is 16.5. The lowest BCUT2D eigenvalue weighted by atomic mass is 10.1. The van der Waals surface area contributed by atoms with E-state index in [1.807, 2.05) is 24.3 Å². The molecule has 6 nitrogen and oxygen atoms in total. The van der Waals surface area contributed by atoms with Crippen molar-refractivity contribution in [3.63, 3.8) is 0 Å². The Labute approximate surface area is 160 Å². The second kappa shape index (κ2) is 8.66. The molecule has 0 atom stereocenters. The van der Waals surface area contributed by atoms with Crippen molar-refractivity contribution in [3.8, 4) is 17.2 Å². The number of aliphatic imine (C=N–C) groups is 1. The number of methoxy groups -OCH3 is 2. The topological polar surface area (TPSA) is 78.1 Å². The molecule has 0 heterocycles. The highest BCUT2D eigenvalue weighted by Crippen LogP contribution is 2.31. The summed E-state index contributed by atoms with van der Waals surface area (Å²) in [4.78, 5) is 4.45. The number of hydrogen-bond donors (Lipinski definition) is 2. The van der Waals surface area contributed by atoms with Crippen molar-refractivity contribution in [2.75, 3.05) is 26.1 Å². The lowest BCUT2D eigenvalue weighted by Crippen LogP contribution is -2.22. The van der Waals surface area contributed by atoms with Gasteiger partial charge in [0.1, 0.15) is 5.75 Å². The number of nitrogens with two attached hydrogens (primary N) is 1. The average molecular weight is 369 g/mol. The van der Waals surface area contributed by atoms with Crippen molar-refractivity contribution in [1.29, 1.82) is 0 Å². The van der Waals surface area contributed by atoms with Crippen LogP contribution in [0, 0.1) is 12.8 Å². The molecule has 0 aromatic heterocycles.